The van der Waals surface area contributed by atoms with Crippen molar-refractivity contribution in [2.75, 3.05) is 0 Å². The molecule has 106 valence electrons. The van der Waals surface area contributed by atoms with Gasteiger partial charge in [-0.15, -0.1) is 0 Å². The van der Waals surface area contributed by atoms with Gasteiger partial charge in [0.25, 0.3) is 0 Å². The lowest BCUT2D eigenvalue weighted by Gasteiger charge is -2.44. The minimum atomic E-state index is -0.497. The van der Waals surface area contributed by atoms with E-state index in [9.17, 15) is 5.11 Å². The van der Waals surface area contributed by atoms with Crippen LogP contribution in [0, 0.1) is 11.8 Å². The van der Waals surface area contributed by atoms with Gasteiger partial charge in [-0.05, 0) is 65.7 Å². The highest BCUT2D eigenvalue weighted by Crippen LogP contribution is 2.51. The summed E-state index contributed by atoms with van der Waals surface area (Å²) in [6.45, 7) is 10.9. The Bertz CT molecular complexity index is 298. The maximum absolute atomic E-state index is 11.1. The summed E-state index contributed by atoms with van der Waals surface area (Å²) in [5.41, 5.74) is -0.786. The van der Waals surface area contributed by atoms with E-state index >= 15 is 0 Å². The Labute approximate surface area is 112 Å². The van der Waals surface area contributed by atoms with Crippen molar-refractivity contribution in [3.63, 3.8) is 0 Å². The molecule has 1 aliphatic heterocycles. The second-order valence-electron chi connectivity index (χ2n) is 7.68. The fourth-order valence-electron chi connectivity index (χ4n) is 4.33. The van der Waals surface area contributed by atoms with Crippen LogP contribution in [0.25, 0.3) is 0 Å². The van der Waals surface area contributed by atoms with Gasteiger partial charge in [0.15, 0.2) is 0 Å². The predicted octanol–water partition coefficient (Wildman–Crippen LogP) is 3.91. The van der Waals surface area contributed by atoms with Crippen LogP contribution in [-0.4, -0.2) is 21.9 Å². The average molecular weight is 254 g/mol. The molecule has 0 spiro atoms. The molecule has 1 N–H and O–H groups in total. The van der Waals surface area contributed by atoms with Crippen LogP contribution in [0.2, 0.25) is 0 Å². The van der Waals surface area contributed by atoms with Crippen molar-refractivity contribution >= 4 is 0 Å². The number of aliphatic hydroxyl groups is 1. The minimum absolute atomic E-state index is 0.0918. The highest BCUT2D eigenvalue weighted by Gasteiger charge is 2.55. The van der Waals surface area contributed by atoms with Gasteiger partial charge >= 0.3 is 0 Å². The molecule has 1 heterocycles. The van der Waals surface area contributed by atoms with Crippen LogP contribution in [0.4, 0.5) is 0 Å². The van der Waals surface area contributed by atoms with Crippen molar-refractivity contribution in [1.82, 2.24) is 0 Å². The third-order valence-electron chi connectivity index (χ3n) is 5.27. The van der Waals surface area contributed by atoms with E-state index in [2.05, 4.69) is 34.6 Å². The Morgan fingerprint density at radius 3 is 2.06 bits per heavy atom. The third kappa shape index (κ3) is 2.60. The van der Waals surface area contributed by atoms with Crippen molar-refractivity contribution in [3.8, 4) is 0 Å². The molecule has 1 unspecified atom stereocenters. The molecule has 1 atom stereocenters. The van der Waals surface area contributed by atoms with Crippen LogP contribution in [0.5, 0.6) is 0 Å². The van der Waals surface area contributed by atoms with Crippen LogP contribution in [0.1, 0.15) is 73.1 Å². The van der Waals surface area contributed by atoms with Gasteiger partial charge in [-0.1, -0.05) is 13.3 Å². The SMILES string of the molecule is CCC1CCC(O)(C2CC(C)(C)OC2(C)C)CC1. The highest BCUT2D eigenvalue weighted by atomic mass is 16.5. The summed E-state index contributed by atoms with van der Waals surface area (Å²) >= 11 is 0. The van der Waals surface area contributed by atoms with E-state index in [0.717, 1.165) is 25.2 Å². The van der Waals surface area contributed by atoms with Crippen LogP contribution >= 0.6 is 0 Å². The van der Waals surface area contributed by atoms with E-state index < -0.39 is 5.60 Å². The van der Waals surface area contributed by atoms with Gasteiger partial charge < -0.3 is 9.84 Å². The van der Waals surface area contributed by atoms with E-state index in [1.54, 1.807) is 0 Å². The topological polar surface area (TPSA) is 29.5 Å². The molecule has 0 bridgehead atoms. The summed E-state index contributed by atoms with van der Waals surface area (Å²) in [6, 6.07) is 0. The molecule has 2 rings (SSSR count). The molecule has 0 aromatic rings. The van der Waals surface area contributed by atoms with Gasteiger partial charge in [0.2, 0.25) is 0 Å². The van der Waals surface area contributed by atoms with Crippen LogP contribution < -0.4 is 0 Å². The molecule has 1 aliphatic carbocycles. The molecule has 1 saturated heterocycles. The Balaban J connectivity index is 2.11. The third-order valence-corrected chi connectivity index (χ3v) is 5.27. The maximum Gasteiger partial charge on any atom is 0.0704 e. The van der Waals surface area contributed by atoms with Gasteiger partial charge in [-0.2, -0.15) is 0 Å². The molecule has 2 heteroatoms. The lowest BCUT2D eigenvalue weighted by Crippen LogP contribution is -2.48. The highest BCUT2D eigenvalue weighted by molar-refractivity contribution is 5.05. The molecule has 0 amide bonds. The molecule has 0 aromatic heterocycles. The summed E-state index contributed by atoms with van der Waals surface area (Å²) in [5.74, 6) is 1.10. The first kappa shape index (κ1) is 14.3. The van der Waals surface area contributed by atoms with Gasteiger partial charge in [-0.25, -0.2) is 0 Å². The zero-order chi connectivity index (χ0) is 13.6. The lowest BCUT2D eigenvalue weighted by atomic mass is 9.66. The average Bonchev–Trinajstić information content (AvgIpc) is 2.48. The first-order valence-corrected chi connectivity index (χ1v) is 7.61. The lowest BCUT2D eigenvalue weighted by molar-refractivity contribution is -0.127. The minimum Gasteiger partial charge on any atom is -0.389 e. The van der Waals surface area contributed by atoms with Gasteiger partial charge in [-0.3, -0.25) is 0 Å². The van der Waals surface area contributed by atoms with Crippen LogP contribution in [-0.2, 0) is 4.74 Å². The number of ether oxygens (including phenoxy) is 1. The molecule has 0 aromatic carbocycles. The summed E-state index contributed by atoms with van der Waals surface area (Å²) in [4.78, 5) is 0. The van der Waals surface area contributed by atoms with Crippen molar-refractivity contribution in [2.24, 2.45) is 11.8 Å². The smallest absolute Gasteiger partial charge is 0.0704 e. The van der Waals surface area contributed by atoms with Gasteiger partial charge in [0, 0.05) is 5.92 Å². The molecule has 2 aliphatic rings. The van der Waals surface area contributed by atoms with Crippen molar-refractivity contribution in [2.45, 2.75) is 89.9 Å². The molecular formula is C16H30O2. The van der Waals surface area contributed by atoms with Gasteiger partial charge in [0.05, 0.1) is 16.8 Å². The number of hydrogen-bond donors (Lipinski definition) is 1. The summed E-state index contributed by atoms with van der Waals surface area (Å²) in [7, 11) is 0. The summed E-state index contributed by atoms with van der Waals surface area (Å²) in [5, 5.41) is 11.1. The second-order valence-corrected chi connectivity index (χ2v) is 7.68. The first-order valence-electron chi connectivity index (χ1n) is 7.61. The van der Waals surface area contributed by atoms with Crippen molar-refractivity contribution < 1.29 is 9.84 Å². The Kier molecular flexibility index (Phi) is 3.57. The normalized spacial score (nSPS) is 43.0. The van der Waals surface area contributed by atoms with Gasteiger partial charge in [0.1, 0.15) is 0 Å². The van der Waals surface area contributed by atoms with E-state index in [4.69, 9.17) is 4.74 Å². The quantitative estimate of drug-likeness (QED) is 0.809. The molecule has 0 radical (unpaired) electrons. The molecular weight excluding hydrogens is 224 g/mol. The maximum atomic E-state index is 11.1. The second kappa shape index (κ2) is 4.49. The molecule has 18 heavy (non-hydrogen) atoms. The summed E-state index contributed by atoms with van der Waals surface area (Å²) in [6.07, 6.45) is 6.51. The Morgan fingerprint density at radius 2 is 1.67 bits per heavy atom. The predicted molar refractivity (Wildman–Crippen MR) is 74.5 cm³/mol. The Hall–Kier alpha value is -0.0800. The summed E-state index contributed by atoms with van der Waals surface area (Å²) < 4.78 is 6.16. The van der Waals surface area contributed by atoms with E-state index in [0.29, 0.717) is 0 Å². The van der Waals surface area contributed by atoms with E-state index in [-0.39, 0.29) is 17.1 Å². The van der Waals surface area contributed by atoms with Crippen LogP contribution in [0.15, 0.2) is 0 Å². The van der Waals surface area contributed by atoms with E-state index in [1.807, 2.05) is 0 Å². The molecule has 1 saturated carbocycles. The van der Waals surface area contributed by atoms with Crippen molar-refractivity contribution in [1.29, 1.82) is 0 Å². The number of hydrogen-bond acceptors (Lipinski definition) is 2. The zero-order valence-electron chi connectivity index (χ0n) is 12.8. The largest absolute Gasteiger partial charge is 0.389 e. The molecule has 2 nitrogen and oxygen atoms in total. The number of rotatable bonds is 2. The fraction of sp³-hybridized carbons (Fsp3) is 1.00. The zero-order valence-corrected chi connectivity index (χ0v) is 12.8. The fourth-order valence-corrected chi connectivity index (χ4v) is 4.33. The first-order chi connectivity index (χ1) is 8.19. The molecule has 2 fully saturated rings. The van der Waals surface area contributed by atoms with E-state index in [1.165, 1.54) is 19.3 Å². The monoisotopic (exact) mass is 254 g/mol. The Morgan fingerprint density at radius 1 is 1.11 bits per heavy atom. The van der Waals surface area contributed by atoms with Crippen LogP contribution in [0.3, 0.4) is 0 Å². The van der Waals surface area contributed by atoms with Crippen molar-refractivity contribution in [3.05, 3.63) is 0 Å². The standard InChI is InChI=1S/C16H30O2/c1-6-12-7-9-16(17,10-8-12)13-11-14(2,3)18-15(13,4)5/h12-13,17H,6-11H2,1-5H3.